The molecule has 2 aromatic carbocycles. The minimum atomic E-state index is 0.532. The van der Waals surface area contributed by atoms with E-state index < -0.39 is 0 Å². The van der Waals surface area contributed by atoms with E-state index in [2.05, 4.69) is 54.7 Å². The van der Waals surface area contributed by atoms with Gasteiger partial charge in [-0.1, -0.05) is 48.9 Å². The van der Waals surface area contributed by atoms with Crippen molar-refractivity contribution in [2.45, 2.75) is 38.3 Å². The fourth-order valence-corrected chi connectivity index (χ4v) is 2.94. The molecule has 2 aromatic rings. The van der Waals surface area contributed by atoms with Gasteiger partial charge in [0, 0.05) is 12.1 Å². The summed E-state index contributed by atoms with van der Waals surface area (Å²) in [5.41, 5.74) is 1.47. The molecule has 0 unspecified atom stereocenters. The van der Waals surface area contributed by atoms with E-state index in [1.807, 2.05) is 0 Å². The lowest BCUT2D eigenvalue weighted by atomic mass is 9.91. The molecular weight excluding hydrogens is 206 g/mol. The first-order valence-electron chi connectivity index (χ1n) is 6.58. The first-order valence-corrected chi connectivity index (χ1v) is 6.58. The zero-order valence-electron chi connectivity index (χ0n) is 10.3. The first-order chi connectivity index (χ1) is 8.34. The summed E-state index contributed by atoms with van der Waals surface area (Å²) in [7, 11) is 0. The second-order valence-corrected chi connectivity index (χ2v) is 5.12. The predicted molar refractivity (Wildman–Crippen MR) is 73.1 cm³/mol. The maximum atomic E-state index is 3.72. The van der Waals surface area contributed by atoms with Crippen molar-refractivity contribution in [2.75, 3.05) is 0 Å². The van der Waals surface area contributed by atoms with Crippen LogP contribution in [0.2, 0.25) is 0 Å². The van der Waals surface area contributed by atoms with Crippen LogP contribution in [-0.2, 0) is 0 Å². The molecule has 0 saturated carbocycles. The van der Waals surface area contributed by atoms with Crippen LogP contribution >= 0.6 is 0 Å². The fraction of sp³-hybridized carbons (Fsp3) is 0.375. The van der Waals surface area contributed by atoms with E-state index in [1.54, 1.807) is 0 Å². The summed E-state index contributed by atoms with van der Waals surface area (Å²) in [6.45, 7) is 2.29. The lowest BCUT2D eigenvalue weighted by Gasteiger charge is -2.30. The topological polar surface area (TPSA) is 12.0 Å². The van der Waals surface area contributed by atoms with E-state index in [-0.39, 0.29) is 0 Å². The fourth-order valence-electron chi connectivity index (χ4n) is 2.94. The highest BCUT2D eigenvalue weighted by Crippen LogP contribution is 2.30. The van der Waals surface area contributed by atoms with E-state index in [0.717, 1.165) is 0 Å². The summed E-state index contributed by atoms with van der Waals surface area (Å²) < 4.78 is 0. The minimum absolute atomic E-state index is 0.532. The molecule has 1 aliphatic heterocycles. The molecule has 1 heteroatoms. The maximum absolute atomic E-state index is 3.72. The number of fused-ring (bicyclic) bond motifs is 1. The number of rotatable bonds is 1. The molecule has 1 saturated heterocycles. The second-order valence-electron chi connectivity index (χ2n) is 5.12. The second kappa shape index (κ2) is 4.50. The molecule has 0 spiro atoms. The molecule has 2 atom stereocenters. The molecule has 0 amide bonds. The van der Waals surface area contributed by atoms with Crippen LogP contribution in [0.25, 0.3) is 10.8 Å². The van der Waals surface area contributed by atoms with Gasteiger partial charge in [-0.15, -0.1) is 0 Å². The minimum Gasteiger partial charge on any atom is -0.307 e. The van der Waals surface area contributed by atoms with E-state index in [0.29, 0.717) is 12.1 Å². The van der Waals surface area contributed by atoms with Crippen molar-refractivity contribution in [3.63, 3.8) is 0 Å². The van der Waals surface area contributed by atoms with Crippen molar-refractivity contribution in [1.29, 1.82) is 0 Å². The van der Waals surface area contributed by atoms with Gasteiger partial charge in [-0.05, 0) is 36.1 Å². The van der Waals surface area contributed by atoms with Crippen LogP contribution in [0.3, 0.4) is 0 Å². The smallest absolute Gasteiger partial charge is 0.0328 e. The van der Waals surface area contributed by atoms with Crippen molar-refractivity contribution >= 4 is 10.8 Å². The summed E-state index contributed by atoms with van der Waals surface area (Å²) in [5.74, 6) is 0. The third-order valence-corrected chi connectivity index (χ3v) is 3.81. The van der Waals surface area contributed by atoms with Gasteiger partial charge >= 0.3 is 0 Å². The summed E-state index contributed by atoms with van der Waals surface area (Å²) in [6, 6.07) is 16.5. The first kappa shape index (κ1) is 10.8. The number of benzene rings is 2. The molecule has 1 N–H and O–H groups in total. The highest BCUT2D eigenvalue weighted by atomic mass is 15.0. The molecule has 0 aliphatic carbocycles. The summed E-state index contributed by atoms with van der Waals surface area (Å²) in [5, 5.41) is 6.48. The summed E-state index contributed by atoms with van der Waals surface area (Å²) in [6.07, 6.45) is 3.90. The van der Waals surface area contributed by atoms with Crippen LogP contribution in [0, 0.1) is 0 Å². The molecular formula is C16H19N. The van der Waals surface area contributed by atoms with Gasteiger partial charge in [-0.3, -0.25) is 0 Å². The van der Waals surface area contributed by atoms with Crippen LogP contribution in [-0.4, -0.2) is 6.04 Å². The van der Waals surface area contributed by atoms with Crippen LogP contribution in [0.4, 0.5) is 0 Å². The van der Waals surface area contributed by atoms with Crippen LogP contribution in [0.15, 0.2) is 42.5 Å². The Morgan fingerprint density at radius 2 is 1.82 bits per heavy atom. The largest absolute Gasteiger partial charge is 0.307 e. The molecule has 1 fully saturated rings. The standard InChI is InChI=1S/C16H19N/c1-12-6-4-11-16(17-12)15-10-5-8-13-7-2-3-9-14(13)15/h2-3,5,7-10,12,16-17H,4,6,11H2,1H3/t12-,16-/m1/s1. The highest BCUT2D eigenvalue weighted by molar-refractivity contribution is 5.86. The molecule has 1 aliphatic rings. The zero-order valence-corrected chi connectivity index (χ0v) is 10.3. The number of piperidine rings is 1. The molecule has 1 heterocycles. The van der Waals surface area contributed by atoms with Gasteiger partial charge in [0.2, 0.25) is 0 Å². The van der Waals surface area contributed by atoms with Gasteiger partial charge in [0.25, 0.3) is 0 Å². The van der Waals surface area contributed by atoms with Crippen molar-refractivity contribution < 1.29 is 0 Å². The predicted octanol–water partition coefficient (Wildman–Crippen LogP) is 4.04. The van der Waals surface area contributed by atoms with Crippen LogP contribution < -0.4 is 5.32 Å². The molecule has 3 rings (SSSR count). The van der Waals surface area contributed by atoms with Crippen molar-refractivity contribution in [3.05, 3.63) is 48.0 Å². The third kappa shape index (κ3) is 2.07. The number of hydrogen-bond acceptors (Lipinski definition) is 1. The normalized spacial score (nSPS) is 25.0. The Labute approximate surface area is 103 Å². The van der Waals surface area contributed by atoms with E-state index in [1.165, 1.54) is 35.6 Å². The van der Waals surface area contributed by atoms with Gasteiger partial charge in [-0.25, -0.2) is 0 Å². The average molecular weight is 225 g/mol. The maximum Gasteiger partial charge on any atom is 0.0328 e. The molecule has 0 radical (unpaired) electrons. The van der Waals surface area contributed by atoms with Gasteiger partial charge in [-0.2, -0.15) is 0 Å². The Hall–Kier alpha value is -1.34. The Morgan fingerprint density at radius 3 is 2.71 bits per heavy atom. The van der Waals surface area contributed by atoms with Crippen LogP contribution in [0.1, 0.15) is 37.8 Å². The van der Waals surface area contributed by atoms with Gasteiger partial charge in [0.05, 0.1) is 0 Å². The van der Waals surface area contributed by atoms with Crippen molar-refractivity contribution in [1.82, 2.24) is 5.32 Å². The van der Waals surface area contributed by atoms with Crippen molar-refractivity contribution in [2.24, 2.45) is 0 Å². The van der Waals surface area contributed by atoms with E-state index in [9.17, 15) is 0 Å². The lowest BCUT2D eigenvalue weighted by molar-refractivity contribution is 0.343. The third-order valence-electron chi connectivity index (χ3n) is 3.81. The van der Waals surface area contributed by atoms with Crippen LogP contribution in [0.5, 0.6) is 0 Å². The van der Waals surface area contributed by atoms with Gasteiger partial charge in [0.15, 0.2) is 0 Å². The number of nitrogens with one attached hydrogen (secondary N) is 1. The SMILES string of the molecule is C[C@@H]1CCC[C@H](c2cccc3ccccc23)N1. The lowest BCUT2D eigenvalue weighted by Crippen LogP contribution is -2.34. The summed E-state index contributed by atoms with van der Waals surface area (Å²) in [4.78, 5) is 0. The molecule has 0 aromatic heterocycles. The molecule has 0 bridgehead atoms. The zero-order chi connectivity index (χ0) is 11.7. The van der Waals surface area contributed by atoms with E-state index in [4.69, 9.17) is 0 Å². The Kier molecular flexibility index (Phi) is 2.86. The molecule has 88 valence electrons. The van der Waals surface area contributed by atoms with Gasteiger partial charge < -0.3 is 5.32 Å². The highest BCUT2D eigenvalue weighted by Gasteiger charge is 2.20. The quantitative estimate of drug-likeness (QED) is 0.772. The Balaban J connectivity index is 2.04. The van der Waals surface area contributed by atoms with Gasteiger partial charge in [0.1, 0.15) is 0 Å². The number of hydrogen-bond donors (Lipinski definition) is 1. The van der Waals surface area contributed by atoms with Crippen molar-refractivity contribution in [3.8, 4) is 0 Å². The summed E-state index contributed by atoms with van der Waals surface area (Å²) >= 11 is 0. The molecule has 1 nitrogen and oxygen atoms in total. The Morgan fingerprint density at radius 1 is 1.00 bits per heavy atom. The van der Waals surface area contributed by atoms with E-state index >= 15 is 0 Å². The Bertz CT molecular complexity index is 512. The molecule has 17 heavy (non-hydrogen) atoms. The monoisotopic (exact) mass is 225 g/mol. The average Bonchev–Trinajstić information content (AvgIpc) is 2.38.